The third-order valence-electron chi connectivity index (χ3n) is 4.19. The minimum Gasteiger partial charge on any atom is -0.485 e. The molecule has 0 fully saturated rings. The monoisotopic (exact) mass is 419 g/mol. The fourth-order valence-corrected chi connectivity index (χ4v) is 2.64. The van der Waals surface area contributed by atoms with Gasteiger partial charge in [0.15, 0.2) is 6.61 Å². The Morgan fingerprint density at radius 3 is 2.67 bits per heavy atom. The predicted octanol–water partition coefficient (Wildman–Crippen LogP) is 2.93. The number of carbonyl (C=O) groups is 1. The maximum absolute atomic E-state index is 13.0. The molecule has 0 atom stereocenters. The van der Waals surface area contributed by atoms with Crippen LogP contribution >= 0.6 is 0 Å². The maximum atomic E-state index is 13.0. The van der Waals surface area contributed by atoms with Crippen LogP contribution in [0.25, 0.3) is 10.9 Å². The van der Waals surface area contributed by atoms with Crippen molar-refractivity contribution in [3.8, 4) is 5.75 Å². The summed E-state index contributed by atoms with van der Waals surface area (Å²) in [6.07, 6.45) is 4.63. The minimum absolute atomic E-state index is 0.291. The molecule has 3 rings (SSSR count). The minimum atomic E-state index is -2.92. The van der Waals surface area contributed by atoms with Crippen molar-refractivity contribution >= 4 is 22.6 Å². The van der Waals surface area contributed by atoms with Gasteiger partial charge >= 0.3 is 0 Å². The van der Waals surface area contributed by atoms with E-state index in [2.05, 4.69) is 20.4 Å². The standard InChI is InChI=1S/C20H23F2N5O3/c1-12-7-13(24-8-16(12)30-11-20(4,21)22)9-27-10-14-15(26-27)5-6-23-17(14)25-18(28)19(2,3)29/h5-8,10,29H,9,11H2,1-4H3,(H,23,25,28). The normalized spacial score (nSPS) is 12.2. The van der Waals surface area contributed by atoms with Crippen molar-refractivity contribution < 1.29 is 23.4 Å². The molecule has 3 aromatic heterocycles. The zero-order valence-corrected chi connectivity index (χ0v) is 17.1. The van der Waals surface area contributed by atoms with Crippen molar-refractivity contribution in [1.82, 2.24) is 19.7 Å². The van der Waals surface area contributed by atoms with Crippen molar-refractivity contribution in [2.24, 2.45) is 0 Å². The van der Waals surface area contributed by atoms with E-state index in [4.69, 9.17) is 4.74 Å². The molecule has 0 aliphatic rings. The number of carbonyl (C=O) groups excluding carboxylic acids is 1. The molecular weight excluding hydrogens is 396 g/mol. The summed E-state index contributed by atoms with van der Waals surface area (Å²) < 4.78 is 32.7. The fraction of sp³-hybridized carbons (Fsp3) is 0.400. The van der Waals surface area contributed by atoms with Gasteiger partial charge in [-0.05, 0) is 38.5 Å². The lowest BCUT2D eigenvalue weighted by Crippen LogP contribution is -2.36. The third kappa shape index (κ3) is 5.26. The van der Waals surface area contributed by atoms with Gasteiger partial charge in [-0.15, -0.1) is 0 Å². The molecule has 0 saturated heterocycles. The molecular formula is C20H23F2N5O3. The molecule has 0 saturated carbocycles. The van der Waals surface area contributed by atoms with Crippen LogP contribution in [0.2, 0.25) is 0 Å². The van der Waals surface area contributed by atoms with E-state index in [0.717, 1.165) is 6.92 Å². The Hall–Kier alpha value is -3.14. The first-order chi connectivity index (χ1) is 13.9. The van der Waals surface area contributed by atoms with Crippen LogP contribution in [0.15, 0.2) is 30.7 Å². The highest BCUT2D eigenvalue weighted by atomic mass is 19.3. The van der Waals surface area contributed by atoms with Crippen LogP contribution < -0.4 is 10.1 Å². The number of aryl methyl sites for hydroxylation is 1. The Morgan fingerprint density at radius 2 is 2.03 bits per heavy atom. The average molecular weight is 419 g/mol. The average Bonchev–Trinajstić information content (AvgIpc) is 3.03. The predicted molar refractivity (Wildman–Crippen MR) is 107 cm³/mol. The highest BCUT2D eigenvalue weighted by Gasteiger charge is 2.25. The van der Waals surface area contributed by atoms with Crippen LogP contribution in [0.3, 0.4) is 0 Å². The summed E-state index contributed by atoms with van der Waals surface area (Å²) in [7, 11) is 0. The molecule has 0 spiro atoms. The highest BCUT2D eigenvalue weighted by molar-refractivity contribution is 6.02. The first kappa shape index (κ1) is 21.6. The highest BCUT2D eigenvalue weighted by Crippen LogP contribution is 2.23. The van der Waals surface area contributed by atoms with Gasteiger partial charge in [-0.1, -0.05) is 0 Å². The molecule has 0 unspecified atom stereocenters. The number of rotatable bonds is 7. The van der Waals surface area contributed by atoms with Crippen molar-refractivity contribution in [3.05, 3.63) is 42.0 Å². The first-order valence-electron chi connectivity index (χ1n) is 9.24. The van der Waals surface area contributed by atoms with Gasteiger partial charge in [0.2, 0.25) is 0 Å². The smallest absolute Gasteiger partial charge is 0.278 e. The molecule has 10 heteroatoms. The Kier molecular flexibility index (Phi) is 5.71. The molecule has 1 amide bonds. The summed E-state index contributed by atoms with van der Waals surface area (Å²) in [5.74, 6) is -2.92. The van der Waals surface area contributed by atoms with Crippen molar-refractivity contribution in [2.45, 2.75) is 45.8 Å². The molecule has 0 bridgehead atoms. The molecule has 3 aromatic rings. The summed E-state index contributed by atoms with van der Waals surface area (Å²) in [6.45, 7) is 4.91. The van der Waals surface area contributed by atoms with E-state index in [1.54, 1.807) is 29.9 Å². The van der Waals surface area contributed by atoms with Gasteiger partial charge in [0.1, 0.15) is 17.2 Å². The van der Waals surface area contributed by atoms with Gasteiger partial charge in [-0.2, -0.15) is 5.10 Å². The van der Waals surface area contributed by atoms with E-state index < -0.39 is 24.0 Å². The number of ether oxygens (including phenoxy) is 1. The van der Waals surface area contributed by atoms with Gasteiger partial charge in [-0.3, -0.25) is 14.5 Å². The van der Waals surface area contributed by atoms with Crippen LogP contribution in [0, 0.1) is 6.92 Å². The van der Waals surface area contributed by atoms with Gasteiger partial charge in [0, 0.05) is 19.3 Å². The Labute approximate surface area is 171 Å². The number of aromatic nitrogens is 4. The Bertz CT molecular complexity index is 1070. The number of alkyl halides is 2. The lowest BCUT2D eigenvalue weighted by atomic mass is 10.1. The van der Waals surface area contributed by atoms with E-state index in [1.807, 2.05) is 0 Å². The molecule has 3 heterocycles. The molecule has 30 heavy (non-hydrogen) atoms. The summed E-state index contributed by atoms with van der Waals surface area (Å²) in [4.78, 5) is 20.5. The Balaban J connectivity index is 1.79. The SMILES string of the molecule is Cc1cc(Cn2cc3c(NC(=O)C(C)(C)O)nccc3n2)ncc1OCC(C)(F)F. The van der Waals surface area contributed by atoms with Crippen LogP contribution in [0.5, 0.6) is 5.75 Å². The number of anilines is 1. The van der Waals surface area contributed by atoms with E-state index >= 15 is 0 Å². The largest absolute Gasteiger partial charge is 0.485 e. The fourth-order valence-electron chi connectivity index (χ4n) is 2.64. The quantitative estimate of drug-likeness (QED) is 0.611. The second-order valence-electron chi connectivity index (χ2n) is 7.73. The zero-order valence-electron chi connectivity index (χ0n) is 17.1. The van der Waals surface area contributed by atoms with E-state index in [-0.39, 0.29) is 0 Å². The summed E-state index contributed by atoms with van der Waals surface area (Å²) in [6, 6.07) is 3.44. The summed E-state index contributed by atoms with van der Waals surface area (Å²) in [5, 5.41) is 17.5. The second-order valence-corrected chi connectivity index (χ2v) is 7.73. The van der Waals surface area contributed by atoms with Gasteiger partial charge in [0.25, 0.3) is 11.8 Å². The maximum Gasteiger partial charge on any atom is 0.278 e. The molecule has 2 N–H and O–H groups in total. The molecule has 0 aromatic carbocycles. The number of aliphatic hydroxyl groups is 1. The topological polar surface area (TPSA) is 102 Å². The van der Waals surface area contributed by atoms with E-state index in [0.29, 0.717) is 40.3 Å². The van der Waals surface area contributed by atoms with Crippen LogP contribution in [0.1, 0.15) is 32.0 Å². The lowest BCUT2D eigenvalue weighted by Gasteiger charge is -2.16. The summed E-state index contributed by atoms with van der Waals surface area (Å²) >= 11 is 0. The van der Waals surface area contributed by atoms with Gasteiger partial charge in [-0.25, -0.2) is 13.8 Å². The van der Waals surface area contributed by atoms with Crippen molar-refractivity contribution in [2.75, 3.05) is 11.9 Å². The zero-order chi connectivity index (χ0) is 22.1. The van der Waals surface area contributed by atoms with Gasteiger partial charge in [0.05, 0.1) is 29.3 Å². The second kappa shape index (κ2) is 7.94. The lowest BCUT2D eigenvalue weighted by molar-refractivity contribution is -0.130. The first-order valence-corrected chi connectivity index (χ1v) is 9.24. The van der Waals surface area contributed by atoms with Gasteiger partial charge < -0.3 is 15.2 Å². The van der Waals surface area contributed by atoms with Crippen molar-refractivity contribution in [1.29, 1.82) is 0 Å². The molecule has 0 radical (unpaired) electrons. The van der Waals surface area contributed by atoms with Crippen LogP contribution in [-0.2, 0) is 11.3 Å². The number of halogens is 2. The van der Waals surface area contributed by atoms with E-state index in [9.17, 15) is 18.7 Å². The number of nitrogens with zero attached hydrogens (tertiary/aromatic N) is 4. The number of fused-ring (bicyclic) bond motifs is 1. The molecule has 8 nitrogen and oxygen atoms in total. The number of amides is 1. The third-order valence-corrected chi connectivity index (χ3v) is 4.19. The van der Waals surface area contributed by atoms with E-state index in [1.165, 1.54) is 26.2 Å². The number of hydrogen-bond donors (Lipinski definition) is 2. The molecule has 160 valence electrons. The number of pyridine rings is 2. The number of hydrogen-bond acceptors (Lipinski definition) is 6. The van der Waals surface area contributed by atoms with Crippen LogP contribution in [0.4, 0.5) is 14.6 Å². The van der Waals surface area contributed by atoms with Crippen LogP contribution in [-0.4, -0.2) is 48.9 Å². The molecule has 0 aliphatic carbocycles. The number of nitrogens with one attached hydrogen (secondary N) is 1. The van der Waals surface area contributed by atoms with Crippen molar-refractivity contribution in [3.63, 3.8) is 0 Å². The molecule has 0 aliphatic heterocycles. The Morgan fingerprint density at radius 1 is 1.30 bits per heavy atom. The summed E-state index contributed by atoms with van der Waals surface area (Å²) in [5.41, 5.74) is 0.400.